The number of carbonyl (C=O) groups excluding carboxylic acids is 1. The van der Waals surface area contributed by atoms with Gasteiger partial charge in [-0.15, -0.1) is 0 Å². The van der Waals surface area contributed by atoms with Crippen LogP contribution in [0, 0.1) is 17.8 Å². The van der Waals surface area contributed by atoms with E-state index in [4.69, 9.17) is 5.11 Å². The van der Waals surface area contributed by atoms with Crippen LogP contribution in [0.2, 0.25) is 0 Å². The molecule has 0 aromatic heterocycles. The number of hydrogen-bond donors (Lipinski definition) is 2. The molecule has 3 unspecified atom stereocenters. The van der Waals surface area contributed by atoms with E-state index in [2.05, 4.69) is 5.32 Å². The molecule has 0 spiro atoms. The molecule has 4 heteroatoms. The molecule has 1 aromatic carbocycles. The first-order valence-corrected chi connectivity index (χ1v) is 7.25. The Balaban J connectivity index is 1.55. The van der Waals surface area contributed by atoms with Crippen LogP contribution >= 0.6 is 0 Å². The van der Waals surface area contributed by atoms with E-state index in [9.17, 15) is 9.59 Å². The van der Waals surface area contributed by atoms with Crippen LogP contribution in [-0.4, -0.2) is 17.0 Å². The Labute approximate surface area is 118 Å². The maximum absolute atomic E-state index is 12.0. The number of rotatable bonds is 4. The van der Waals surface area contributed by atoms with Gasteiger partial charge in [0.1, 0.15) is 0 Å². The Bertz CT molecular complexity index is 523. The first-order chi connectivity index (χ1) is 9.61. The molecule has 2 N–H and O–H groups in total. The molecule has 3 rings (SSSR count). The monoisotopic (exact) mass is 273 g/mol. The summed E-state index contributed by atoms with van der Waals surface area (Å²) in [5.41, 5.74) is 0.902. The maximum Gasteiger partial charge on any atom is 0.335 e. The summed E-state index contributed by atoms with van der Waals surface area (Å²) in [5.74, 6) is 1.25. The predicted molar refractivity (Wildman–Crippen MR) is 75.6 cm³/mol. The van der Waals surface area contributed by atoms with Crippen LogP contribution in [0.25, 0.3) is 0 Å². The minimum Gasteiger partial charge on any atom is -0.478 e. The minimum atomic E-state index is -0.954. The summed E-state index contributed by atoms with van der Waals surface area (Å²) in [4.78, 5) is 22.8. The van der Waals surface area contributed by atoms with Crippen molar-refractivity contribution in [3.05, 3.63) is 29.8 Å². The van der Waals surface area contributed by atoms with Gasteiger partial charge in [0.15, 0.2) is 0 Å². The molecule has 2 aliphatic carbocycles. The molecular weight excluding hydrogens is 254 g/mol. The van der Waals surface area contributed by atoms with Gasteiger partial charge in [0.2, 0.25) is 5.91 Å². The third-order valence-electron chi connectivity index (χ3n) is 4.75. The molecule has 4 nitrogen and oxygen atoms in total. The second kappa shape index (κ2) is 5.27. The number of benzene rings is 1. The Morgan fingerprint density at radius 2 is 1.90 bits per heavy atom. The molecule has 106 valence electrons. The highest BCUT2D eigenvalue weighted by Crippen LogP contribution is 2.49. The summed E-state index contributed by atoms with van der Waals surface area (Å²) in [7, 11) is 0. The number of aromatic carboxylic acids is 1. The average molecular weight is 273 g/mol. The summed E-state index contributed by atoms with van der Waals surface area (Å²) in [6, 6.07) is 6.30. The zero-order valence-corrected chi connectivity index (χ0v) is 11.3. The molecule has 2 aliphatic rings. The fourth-order valence-corrected chi connectivity index (χ4v) is 3.77. The maximum atomic E-state index is 12.0. The van der Waals surface area contributed by atoms with E-state index >= 15 is 0 Å². The van der Waals surface area contributed by atoms with Crippen LogP contribution in [0.1, 0.15) is 42.5 Å². The Morgan fingerprint density at radius 1 is 1.15 bits per heavy atom. The van der Waals surface area contributed by atoms with Crippen molar-refractivity contribution in [3.63, 3.8) is 0 Å². The van der Waals surface area contributed by atoms with E-state index in [1.807, 2.05) is 0 Å². The van der Waals surface area contributed by atoms with Gasteiger partial charge in [0.05, 0.1) is 5.56 Å². The van der Waals surface area contributed by atoms with Gasteiger partial charge >= 0.3 is 5.97 Å². The molecular formula is C16H19NO3. The fourth-order valence-electron chi connectivity index (χ4n) is 3.77. The molecule has 0 radical (unpaired) electrons. The largest absolute Gasteiger partial charge is 0.478 e. The number of carbonyl (C=O) groups is 2. The lowest BCUT2D eigenvalue weighted by Crippen LogP contribution is -2.20. The van der Waals surface area contributed by atoms with Crippen molar-refractivity contribution in [2.75, 3.05) is 5.32 Å². The summed E-state index contributed by atoms with van der Waals surface area (Å²) < 4.78 is 0. The van der Waals surface area contributed by atoms with Gasteiger partial charge in [-0.3, -0.25) is 4.79 Å². The summed E-state index contributed by atoms with van der Waals surface area (Å²) in [6.07, 6.45) is 5.75. The minimum absolute atomic E-state index is 0.0469. The van der Waals surface area contributed by atoms with Crippen molar-refractivity contribution in [1.29, 1.82) is 0 Å². The van der Waals surface area contributed by atoms with Crippen LogP contribution < -0.4 is 5.32 Å². The van der Waals surface area contributed by atoms with Crippen molar-refractivity contribution in [2.24, 2.45) is 17.8 Å². The first-order valence-electron chi connectivity index (χ1n) is 7.25. The average Bonchev–Trinajstić information content (AvgIpc) is 3.01. The third-order valence-corrected chi connectivity index (χ3v) is 4.75. The molecule has 3 atom stereocenters. The van der Waals surface area contributed by atoms with Crippen molar-refractivity contribution >= 4 is 17.6 Å². The second-order valence-corrected chi connectivity index (χ2v) is 6.07. The van der Waals surface area contributed by atoms with Crippen molar-refractivity contribution in [3.8, 4) is 0 Å². The van der Waals surface area contributed by atoms with Crippen LogP contribution in [0.5, 0.6) is 0 Å². The van der Waals surface area contributed by atoms with E-state index in [1.54, 1.807) is 12.1 Å². The number of nitrogens with one attached hydrogen (secondary N) is 1. The highest BCUT2D eigenvalue weighted by Gasteiger charge is 2.40. The van der Waals surface area contributed by atoms with Gasteiger partial charge in [-0.1, -0.05) is 6.42 Å². The zero-order valence-electron chi connectivity index (χ0n) is 11.3. The van der Waals surface area contributed by atoms with E-state index < -0.39 is 5.97 Å². The van der Waals surface area contributed by atoms with Gasteiger partial charge < -0.3 is 10.4 Å². The summed E-state index contributed by atoms with van der Waals surface area (Å²) in [5, 5.41) is 11.7. The molecule has 20 heavy (non-hydrogen) atoms. The van der Waals surface area contributed by atoms with Crippen LogP contribution in [0.4, 0.5) is 5.69 Å². The molecule has 2 bridgehead atoms. The van der Waals surface area contributed by atoms with E-state index in [0.29, 0.717) is 18.0 Å². The van der Waals surface area contributed by atoms with E-state index in [-0.39, 0.29) is 11.5 Å². The van der Waals surface area contributed by atoms with E-state index in [1.165, 1.54) is 37.8 Å². The fraction of sp³-hybridized carbons (Fsp3) is 0.500. The highest BCUT2D eigenvalue weighted by atomic mass is 16.4. The number of amides is 1. The summed E-state index contributed by atoms with van der Waals surface area (Å²) >= 11 is 0. The van der Waals surface area contributed by atoms with Crippen LogP contribution in [0.15, 0.2) is 24.3 Å². The van der Waals surface area contributed by atoms with Crippen molar-refractivity contribution < 1.29 is 14.7 Å². The quantitative estimate of drug-likeness (QED) is 0.885. The standard InChI is InChI=1S/C16H19NO3/c18-15(9-13-8-10-1-2-12(13)7-10)17-14-5-3-11(4-6-14)16(19)20/h3-6,10,12-13H,1-2,7-9H2,(H,17,18)(H,19,20). The van der Waals surface area contributed by atoms with Gasteiger partial charge in [0, 0.05) is 12.1 Å². The molecule has 0 aliphatic heterocycles. The number of hydrogen-bond acceptors (Lipinski definition) is 2. The molecule has 0 heterocycles. The zero-order chi connectivity index (χ0) is 14.1. The van der Waals surface area contributed by atoms with Crippen LogP contribution in [-0.2, 0) is 4.79 Å². The number of fused-ring (bicyclic) bond motifs is 2. The lowest BCUT2D eigenvalue weighted by atomic mass is 9.86. The third kappa shape index (κ3) is 2.69. The normalized spacial score (nSPS) is 27.5. The summed E-state index contributed by atoms with van der Waals surface area (Å²) in [6.45, 7) is 0. The number of anilines is 1. The first kappa shape index (κ1) is 13.2. The molecule has 1 amide bonds. The molecule has 1 aromatic rings. The smallest absolute Gasteiger partial charge is 0.335 e. The van der Waals surface area contributed by atoms with Gasteiger partial charge in [-0.2, -0.15) is 0 Å². The SMILES string of the molecule is O=C(CC1CC2CCC1C2)Nc1ccc(C(=O)O)cc1. The lowest BCUT2D eigenvalue weighted by molar-refractivity contribution is -0.117. The molecule has 0 saturated heterocycles. The van der Waals surface area contributed by atoms with Gasteiger partial charge in [0.25, 0.3) is 0 Å². The number of carboxylic acids is 1. The second-order valence-electron chi connectivity index (χ2n) is 6.07. The highest BCUT2D eigenvalue weighted by molar-refractivity contribution is 5.92. The van der Waals surface area contributed by atoms with E-state index in [0.717, 1.165) is 11.8 Å². The van der Waals surface area contributed by atoms with Crippen LogP contribution in [0.3, 0.4) is 0 Å². The molecule has 2 fully saturated rings. The van der Waals surface area contributed by atoms with Gasteiger partial charge in [-0.05, 0) is 61.3 Å². The molecule has 2 saturated carbocycles. The lowest BCUT2D eigenvalue weighted by Gasteiger charge is -2.20. The van der Waals surface area contributed by atoms with Crippen molar-refractivity contribution in [1.82, 2.24) is 0 Å². The Kier molecular flexibility index (Phi) is 3.47. The van der Waals surface area contributed by atoms with Crippen molar-refractivity contribution in [2.45, 2.75) is 32.1 Å². The number of carboxylic acid groups (broad SMARTS) is 1. The Hall–Kier alpha value is -1.84. The van der Waals surface area contributed by atoms with Gasteiger partial charge in [-0.25, -0.2) is 4.79 Å². The topological polar surface area (TPSA) is 66.4 Å². The predicted octanol–water partition coefficient (Wildman–Crippen LogP) is 3.15. The Morgan fingerprint density at radius 3 is 2.45 bits per heavy atom.